The molecular weight excluding hydrogens is 320 g/mol. The molecule has 0 saturated carbocycles. The molecule has 1 aliphatic rings. The van der Waals surface area contributed by atoms with Crippen LogP contribution in [0.3, 0.4) is 0 Å². The minimum atomic E-state index is -0.193. The van der Waals surface area contributed by atoms with Gasteiger partial charge in [-0.2, -0.15) is 0 Å². The third-order valence-electron chi connectivity index (χ3n) is 4.14. The number of amides is 1. The Kier molecular flexibility index (Phi) is 5.40. The Labute approximate surface area is 147 Å². The first-order chi connectivity index (χ1) is 12.2. The van der Waals surface area contributed by atoms with Crippen molar-refractivity contribution in [3.05, 3.63) is 48.0 Å². The second-order valence-corrected chi connectivity index (χ2v) is 5.67. The highest BCUT2D eigenvalue weighted by molar-refractivity contribution is 6.06. The molecule has 0 bridgehead atoms. The van der Waals surface area contributed by atoms with Crippen LogP contribution in [0.1, 0.15) is 10.4 Å². The van der Waals surface area contributed by atoms with Crippen LogP contribution in [0, 0.1) is 0 Å². The number of morpholine rings is 1. The molecule has 0 spiro atoms. The number of benzene rings is 2. The molecule has 0 aromatic heterocycles. The van der Waals surface area contributed by atoms with Crippen LogP contribution in [-0.4, -0.2) is 46.4 Å². The fourth-order valence-electron chi connectivity index (χ4n) is 2.78. The zero-order valence-corrected chi connectivity index (χ0v) is 14.5. The van der Waals surface area contributed by atoms with E-state index in [1.54, 1.807) is 32.4 Å². The summed E-state index contributed by atoms with van der Waals surface area (Å²) in [5.74, 6) is 1.14. The van der Waals surface area contributed by atoms with Gasteiger partial charge in [0.1, 0.15) is 11.5 Å². The summed E-state index contributed by atoms with van der Waals surface area (Å²) >= 11 is 0. The summed E-state index contributed by atoms with van der Waals surface area (Å²) in [7, 11) is 3.19. The van der Waals surface area contributed by atoms with E-state index >= 15 is 0 Å². The second-order valence-electron chi connectivity index (χ2n) is 5.67. The van der Waals surface area contributed by atoms with Crippen molar-refractivity contribution in [2.24, 2.45) is 0 Å². The molecule has 0 atom stereocenters. The van der Waals surface area contributed by atoms with Crippen molar-refractivity contribution >= 4 is 17.3 Å². The quantitative estimate of drug-likeness (QED) is 0.905. The zero-order valence-electron chi connectivity index (χ0n) is 14.5. The molecule has 3 rings (SSSR count). The van der Waals surface area contributed by atoms with E-state index in [-0.39, 0.29) is 5.91 Å². The Morgan fingerprint density at radius 2 is 1.76 bits per heavy atom. The first-order valence-corrected chi connectivity index (χ1v) is 8.17. The summed E-state index contributed by atoms with van der Waals surface area (Å²) in [5, 5.41) is 2.99. The Morgan fingerprint density at radius 1 is 1.04 bits per heavy atom. The fourth-order valence-corrected chi connectivity index (χ4v) is 2.78. The maximum absolute atomic E-state index is 12.7. The predicted molar refractivity (Wildman–Crippen MR) is 97.0 cm³/mol. The molecular formula is C19H22N2O4. The van der Waals surface area contributed by atoms with Crippen molar-refractivity contribution in [1.82, 2.24) is 0 Å². The molecule has 1 aliphatic heterocycles. The van der Waals surface area contributed by atoms with Crippen LogP contribution in [0.25, 0.3) is 0 Å². The van der Waals surface area contributed by atoms with Crippen molar-refractivity contribution in [3.8, 4) is 11.5 Å². The van der Waals surface area contributed by atoms with Crippen LogP contribution in [0.4, 0.5) is 11.4 Å². The minimum Gasteiger partial charge on any atom is -0.497 e. The predicted octanol–water partition coefficient (Wildman–Crippen LogP) is 2.79. The average Bonchev–Trinajstić information content (AvgIpc) is 2.68. The number of hydrogen-bond donors (Lipinski definition) is 1. The van der Waals surface area contributed by atoms with Gasteiger partial charge in [0.2, 0.25) is 0 Å². The molecule has 1 saturated heterocycles. The highest BCUT2D eigenvalue weighted by Gasteiger charge is 2.17. The zero-order chi connectivity index (χ0) is 17.6. The van der Waals surface area contributed by atoms with Gasteiger partial charge in [0, 0.05) is 24.7 Å². The number of nitrogens with one attached hydrogen (secondary N) is 1. The lowest BCUT2D eigenvalue weighted by Crippen LogP contribution is -2.36. The smallest absolute Gasteiger partial charge is 0.255 e. The van der Waals surface area contributed by atoms with E-state index in [0.29, 0.717) is 36.0 Å². The Morgan fingerprint density at radius 3 is 2.48 bits per heavy atom. The SMILES string of the molecule is COc1cccc(C(=O)Nc2cc(OC)ccc2N2CCOCC2)c1. The molecule has 6 nitrogen and oxygen atoms in total. The van der Waals surface area contributed by atoms with Crippen LogP contribution in [0.15, 0.2) is 42.5 Å². The van der Waals surface area contributed by atoms with Gasteiger partial charge in [-0.15, -0.1) is 0 Å². The minimum absolute atomic E-state index is 0.193. The van der Waals surface area contributed by atoms with Crippen molar-refractivity contribution < 1.29 is 19.0 Å². The molecule has 2 aromatic rings. The Bertz CT molecular complexity index is 742. The summed E-state index contributed by atoms with van der Waals surface area (Å²) in [5.41, 5.74) is 2.21. The van der Waals surface area contributed by atoms with Crippen LogP contribution >= 0.6 is 0 Å². The monoisotopic (exact) mass is 342 g/mol. The first-order valence-electron chi connectivity index (χ1n) is 8.17. The number of carbonyl (C=O) groups is 1. The van der Waals surface area contributed by atoms with Crippen LogP contribution < -0.4 is 19.7 Å². The van der Waals surface area contributed by atoms with Gasteiger partial charge < -0.3 is 24.4 Å². The van der Waals surface area contributed by atoms with Gasteiger partial charge in [0.15, 0.2) is 0 Å². The van der Waals surface area contributed by atoms with Gasteiger partial charge in [0.25, 0.3) is 5.91 Å². The van der Waals surface area contributed by atoms with Gasteiger partial charge in [-0.25, -0.2) is 0 Å². The lowest BCUT2D eigenvalue weighted by Gasteiger charge is -2.30. The molecule has 25 heavy (non-hydrogen) atoms. The van der Waals surface area contributed by atoms with Crippen LogP contribution in [0.5, 0.6) is 11.5 Å². The van der Waals surface area contributed by atoms with Crippen molar-refractivity contribution in [2.45, 2.75) is 0 Å². The van der Waals surface area contributed by atoms with Crippen LogP contribution in [-0.2, 0) is 4.74 Å². The molecule has 1 N–H and O–H groups in total. The van der Waals surface area contributed by atoms with E-state index in [9.17, 15) is 4.79 Å². The molecule has 1 amide bonds. The topological polar surface area (TPSA) is 60.0 Å². The number of nitrogens with zero attached hydrogens (tertiary/aromatic N) is 1. The summed E-state index contributed by atoms with van der Waals surface area (Å²) in [6, 6.07) is 12.8. The van der Waals surface area contributed by atoms with Crippen LogP contribution in [0.2, 0.25) is 0 Å². The number of carbonyl (C=O) groups excluding carboxylic acids is 1. The molecule has 0 aliphatic carbocycles. The summed E-state index contributed by atoms with van der Waals surface area (Å²) in [6.07, 6.45) is 0. The molecule has 0 radical (unpaired) electrons. The lowest BCUT2D eigenvalue weighted by molar-refractivity contribution is 0.102. The Hall–Kier alpha value is -2.73. The number of anilines is 2. The van der Waals surface area contributed by atoms with E-state index in [2.05, 4.69) is 10.2 Å². The Balaban J connectivity index is 1.87. The summed E-state index contributed by atoms with van der Waals surface area (Å²) in [6.45, 7) is 2.92. The van der Waals surface area contributed by atoms with Crippen molar-refractivity contribution in [2.75, 3.05) is 50.7 Å². The van der Waals surface area contributed by atoms with Gasteiger partial charge in [0.05, 0.1) is 38.8 Å². The van der Waals surface area contributed by atoms with E-state index in [1.807, 2.05) is 24.3 Å². The largest absolute Gasteiger partial charge is 0.497 e. The van der Waals surface area contributed by atoms with Gasteiger partial charge in [-0.3, -0.25) is 4.79 Å². The fraction of sp³-hybridized carbons (Fsp3) is 0.316. The summed E-state index contributed by atoms with van der Waals surface area (Å²) in [4.78, 5) is 14.9. The maximum Gasteiger partial charge on any atom is 0.255 e. The maximum atomic E-state index is 12.7. The van der Waals surface area contributed by atoms with Gasteiger partial charge in [-0.1, -0.05) is 6.07 Å². The second kappa shape index (κ2) is 7.90. The molecule has 132 valence electrons. The molecule has 1 fully saturated rings. The van der Waals surface area contributed by atoms with Crippen molar-refractivity contribution in [3.63, 3.8) is 0 Å². The highest BCUT2D eigenvalue weighted by Crippen LogP contribution is 2.31. The molecule has 6 heteroatoms. The standard InChI is InChI=1S/C19H22N2O4/c1-23-15-5-3-4-14(12-15)19(22)20-17-13-16(24-2)6-7-18(17)21-8-10-25-11-9-21/h3-7,12-13H,8-11H2,1-2H3,(H,20,22). The van der Waals surface area contributed by atoms with E-state index in [4.69, 9.17) is 14.2 Å². The van der Waals surface area contributed by atoms with Gasteiger partial charge in [-0.05, 0) is 30.3 Å². The van der Waals surface area contributed by atoms with Crippen molar-refractivity contribution in [1.29, 1.82) is 0 Å². The third-order valence-corrected chi connectivity index (χ3v) is 4.14. The normalized spacial score (nSPS) is 14.1. The number of hydrogen-bond acceptors (Lipinski definition) is 5. The molecule has 2 aromatic carbocycles. The molecule has 0 unspecified atom stereocenters. The van der Waals surface area contributed by atoms with Gasteiger partial charge >= 0.3 is 0 Å². The number of ether oxygens (including phenoxy) is 3. The van der Waals surface area contributed by atoms with E-state index < -0.39 is 0 Å². The van der Waals surface area contributed by atoms with E-state index in [1.165, 1.54) is 0 Å². The number of rotatable bonds is 5. The van der Waals surface area contributed by atoms with E-state index in [0.717, 1.165) is 18.8 Å². The molecule has 1 heterocycles. The lowest BCUT2D eigenvalue weighted by atomic mass is 10.1. The highest BCUT2D eigenvalue weighted by atomic mass is 16.5. The third kappa shape index (κ3) is 4.03. The summed E-state index contributed by atoms with van der Waals surface area (Å²) < 4.78 is 15.9. The number of methoxy groups -OCH3 is 2. The average molecular weight is 342 g/mol. The first kappa shape index (κ1) is 17.1.